The second-order valence-electron chi connectivity index (χ2n) is 6.44. The Bertz CT molecular complexity index is 246. The summed E-state index contributed by atoms with van der Waals surface area (Å²) in [5.74, 6) is 0. The molecule has 0 bridgehead atoms. The van der Waals surface area contributed by atoms with Crippen molar-refractivity contribution in [1.29, 1.82) is 0 Å². The maximum atomic E-state index is 6.07. The largest absolute Gasteiger partial charge is 0.385 e. The van der Waals surface area contributed by atoms with E-state index in [1.165, 1.54) is 12.8 Å². The summed E-state index contributed by atoms with van der Waals surface area (Å²) in [6.07, 6.45) is 4.89. The summed E-state index contributed by atoms with van der Waals surface area (Å²) in [5, 5.41) is 3.56. The van der Waals surface area contributed by atoms with Crippen LogP contribution in [0.3, 0.4) is 0 Å². The van der Waals surface area contributed by atoms with Crippen molar-refractivity contribution in [3.63, 3.8) is 0 Å². The monoisotopic (exact) mass is 287 g/mol. The van der Waals surface area contributed by atoms with Gasteiger partial charge in [0.15, 0.2) is 0 Å². The van der Waals surface area contributed by atoms with Crippen molar-refractivity contribution in [3.05, 3.63) is 0 Å². The van der Waals surface area contributed by atoms with Crippen LogP contribution in [-0.2, 0) is 14.2 Å². The second-order valence-corrected chi connectivity index (χ2v) is 6.44. The van der Waals surface area contributed by atoms with Crippen LogP contribution in [0.1, 0.15) is 46.5 Å². The van der Waals surface area contributed by atoms with E-state index >= 15 is 0 Å². The van der Waals surface area contributed by atoms with E-state index in [0.717, 1.165) is 32.6 Å². The number of ether oxygens (including phenoxy) is 3. The van der Waals surface area contributed by atoms with Gasteiger partial charge in [0.05, 0.1) is 19.3 Å². The maximum Gasteiger partial charge on any atom is 0.0734 e. The average Bonchev–Trinajstić information content (AvgIpc) is 2.40. The highest BCUT2D eigenvalue weighted by atomic mass is 16.5. The number of nitrogens with one attached hydrogen (secondary N) is 1. The molecule has 20 heavy (non-hydrogen) atoms. The van der Waals surface area contributed by atoms with Crippen LogP contribution in [0.5, 0.6) is 0 Å². The van der Waals surface area contributed by atoms with E-state index in [1.807, 2.05) is 0 Å². The Morgan fingerprint density at radius 2 is 1.95 bits per heavy atom. The number of likely N-dealkylation sites (N-methyl/N-ethyl adjacent to an activating group) is 1. The summed E-state index contributed by atoms with van der Waals surface area (Å²) in [6.45, 7) is 10.7. The van der Waals surface area contributed by atoms with Gasteiger partial charge in [-0.15, -0.1) is 0 Å². The zero-order chi connectivity index (χ0) is 14.8. The summed E-state index contributed by atoms with van der Waals surface area (Å²) in [6, 6.07) is 0.501. The van der Waals surface area contributed by atoms with E-state index in [9.17, 15) is 0 Å². The third kappa shape index (κ3) is 7.02. The van der Waals surface area contributed by atoms with Gasteiger partial charge in [-0.3, -0.25) is 0 Å². The van der Waals surface area contributed by atoms with Crippen LogP contribution < -0.4 is 5.32 Å². The lowest BCUT2D eigenvalue weighted by Gasteiger charge is -2.40. The predicted octanol–water partition coefficient (Wildman–Crippen LogP) is 2.61. The Balaban J connectivity index is 2.20. The molecule has 0 amide bonds. The van der Waals surface area contributed by atoms with E-state index in [1.54, 1.807) is 7.11 Å². The van der Waals surface area contributed by atoms with Crippen molar-refractivity contribution in [2.45, 2.75) is 58.6 Å². The minimum absolute atomic E-state index is 0.321. The molecule has 0 heterocycles. The SMILES string of the molecule is CCNC1CCC(C)(C)CC1OCCOCCCOC. The van der Waals surface area contributed by atoms with Gasteiger partial charge >= 0.3 is 0 Å². The highest BCUT2D eigenvalue weighted by molar-refractivity contribution is 4.89. The smallest absolute Gasteiger partial charge is 0.0734 e. The molecule has 4 heteroatoms. The van der Waals surface area contributed by atoms with Gasteiger partial charge in [-0.25, -0.2) is 0 Å². The highest BCUT2D eigenvalue weighted by Gasteiger charge is 2.34. The van der Waals surface area contributed by atoms with Crippen molar-refractivity contribution in [3.8, 4) is 0 Å². The zero-order valence-electron chi connectivity index (χ0n) is 13.7. The first-order chi connectivity index (χ1) is 9.59. The van der Waals surface area contributed by atoms with Crippen LogP contribution >= 0.6 is 0 Å². The van der Waals surface area contributed by atoms with E-state index in [4.69, 9.17) is 14.2 Å². The molecule has 1 aliphatic rings. The van der Waals surface area contributed by atoms with Crippen LogP contribution in [0, 0.1) is 5.41 Å². The molecular weight excluding hydrogens is 254 g/mol. The van der Waals surface area contributed by atoms with Crippen LogP contribution in [0.2, 0.25) is 0 Å². The van der Waals surface area contributed by atoms with Crippen molar-refractivity contribution >= 4 is 0 Å². The van der Waals surface area contributed by atoms with Crippen LogP contribution in [0.15, 0.2) is 0 Å². The Morgan fingerprint density at radius 3 is 2.65 bits per heavy atom. The predicted molar refractivity (Wildman–Crippen MR) is 82.1 cm³/mol. The van der Waals surface area contributed by atoms with Gasteiger partial charge < -0.3 is 19.5 Å². The average molecular weight is 287 g/mol. The molecule has 1 rings (SSSR count). The number of rotatable bonds is 10. The molecule has 1 saturated carbocycles. The molecule has 1 fully saturated rings. The molecule has 0 radical (unpaired) electrons. The molecule has 0 aromatic carbocycles. The van der Waals surface area contributed by atoms with Gasteiger partial charge in [-0.1, -0.05) is 20.8 Å². The molecule has 0 aromatic heterocycles. The summed E-state index contributed by atoms with van der Waals surface area (Å²) >= 11 is 0. The number of hydrogen-bond acceptors (Lipinski definition) is 4. The van der Waals surface area contributed by atoms with E-state index in [0.29, 0.717) is 30.8 Å². The van der Waals surface area contributed by atoms with Crippen molar-refractivity contribution in [2.75, 3.05) is 40.1 Å². The van der Waals surface area contributed by atoms with Crippen LogP contribution in [0.25, 0.3) is 0 Å². The van der Waals surface area contributed by atoms with E-state index in [2.05, 4.69) is 26.1 Å². The van der Waals surface area contributed by atoms with Gasteiger partial charge in [0.25, 0.3) is 0 Å². The third-order valence-electron chi connectivity index (χ3n) is 4.00. The van der Waals surface area contributed by atoms with Gasteiger partial charge in [0.2, 0.25) is 0 Å². The van der Waals surface area contributed by atoms with Gasteiger partial charge in [-0.05, 0) is 37.6 Å². The van der Waals surface area contributed by atoms with Gasteiger partial charge in [0, 0.05) is 26.4 Å². The molecular formula is C16H33NO3. The van der Waals surface area contributed by atoms with E-state index < -0.39 is 0 Å². The fourth-order valence-corrected chi connectivity index (χ4v) is 2.86. The highest BCUT2D eigenvalue weighted by Crippen LogP contribution is 2.36. The number of hydrogen-bond donors (Lipinski definition) is 1. The molecule has 0 aliphatic heterocycles. The summed E-state index contributed by atoms with van der Waals surface area (Å²) in [5.41, 5.74) is 0.399. The molecule has 120 valence electrons. The Kier molecular flexibility index (Phi) is 8.69. The summed E-state index contributed by atoms with van der Waals surface area (Å²) < 4.78 is 16.6. The Hall–Kier alpha value is -0.160. The molecule has 4 nitrogen and oxygen atoms in total. The quantitative estimate of drug-likeness (QED) is 0.627. The van der Waals surface area contributed by atoms with Gasteiger partial charge in [0.1, 0.15) is 0 Å². The maximum absolute atomic E-state index is 6.07. The fraction of sp³-hybridized carbons (Fsp3) is 1.00. The lowest BCUT2D eigenvalue weighted by molar-refractivity contribution is -0.0499. The molecule has 1 N–H and O–H groups in total. The first-order valence-corrected chi connectivity index (χ1v) is 8.00. The lowest BCUT2D eigenvalue weighted by atomic mass is 9.74. The normalized spacial score (nSPS) is 25.8. The Morgan fingerprint density at radius 1 is 1.15 bits per heavy atom. The lowest BCUT2D eigenvalue weighted by Crippen LogP contribution is -2.47. The fourth-order valence-electron chi connectivity index (χ4n) is 2.86. The first kappa shape index (κ1) is 17.9. The molecule has 1 aliphatic carbocycles. The summed E-state index contributed by atoms with van der Waals surface area (Å²) in [4.78, 5) is 0. The second kappa shape index (κ2) is 9.72. The Labute approximate surface area is 124 Å². The van der Waals surface area contributed by atoms with Crippen LogP contribution in [0.4, 0.5) is 0 Å². The number of methoxy groups -OCH3 is 1. The molecule has 0 saturated heterocycles. The van der Waals surface area contributed by atoms with Crippen molar-refractivity contribution in [1.82, 2.24) is 5.32 Å². The molecule has 2 unspecified atom stereocenters. The molecule has 0 aromatic rings. The molecule has 2 atom stereocenters. The van der Waals surface area contributed by atoms with Crippen LogP contribution in [-0.4, -0.2) is 52.2 Å². The third-order valence-corrected chi connectivity index (χ3v) is 4.00. The molecule has 0 spiro atoms. The first-order valence-electron chi connectivity index (χ1n) is 8.00. The van der Waals surface area contributed by atoms with Gasteiger partial charge in [-0.2, -0.15) is 0 Å². The van der Waals surface area contributed by atoms with Crippen molar-refractivity contribution in [2.24, 2.45) is 5.41 Å². The van der Waals surface area contributed by atoms with E-state index in [-0.39, 0.29) is 0 Å². The topological polar surface area (TPSA) is 39.7 Å². The minimum atomic E-state index is 0.321. The summed E-state index contributed by atoms with van der Waals surface area (Å²) in [7, 11) is 1.72. The standard InChI is InChI=1S/C16H33NO3/c1-5-17-14-7-8-16(2,3)13-15(14)20-12-11-19-10-6-9-18-4/h14-15,17H,5-13H2,1-4H3. The minimum Gasteiger partial charge on any atom is -0.385 e. The van der Waals surface area contributed by atoms with Crippen molar-refractivity contribution < 1.29 is 14.2 Å². The zero-order valence-corrected chi connectivity index (χ0v) is 13.7.